The standard InChI is InChI=1S/C22H20S/c1-2-8-17(9-3-1)21-14-13-18-10-4-5-12-20(18)22(21)19-11-6-7-15-23-16-19/h1-12,15-16,21-22H,13-14H2/t21-,22-/m1/s1. The van der Waals surface area contributed by atoms with Crippen LogP contribution in [0.1, 0.15) is 34.9 Å². The van der Waals surface area contributed by atoms with E-state index in [0.717, 1.165) is 0 Å². The molecule has 1 aliphatic heterocycles. The van der Waals surface area contributed by atoms with Crippen LogP contribution in [0, 0.1) is 0 Å². The van der Waals surface area contributed by atoms with Crippen molar-refractivity contribution in [2.45, 2.75) is 24.7 Å². The molecule has 2 atom stereocenters. The van der Waals surface area contributed by atoms with Crippen LogP contribution >= 0.6 is 10.9 Å². The van der Waals surface area contributed by atoms with Crippen LogP contribution in [0.3, 0.4) is 0 Å². The highest BCUT2D eigenvalue weighted by atomic mass is 32.1. The average Bonchev–Trinajstić information content (AvgIpc) is 2.90. The first kappa shape index (κ1) is 14.5. The van der Waals surface area contributed by atoms with Gasteiger partial charge in [-0.1, -0.05) is 72.8 Å². The van der Waals surface area contributed by atoms with Crippen LogP contribution in [0.25, 0.3) is 0 Å². The Morgan fingerprint density at radius 2 is 1.70 bits per heavy atom. The van der Waals surface area contributed by atoms with Gasteiger partial charge in [0.2, 0.25) is 0 Å². The van der Waals surface area contributed by atoms with Crippen LogP contribution in [0.2, 0.25) is 0 Å². The van der Waals surface area contributed by atoms with Gasteiger partial charge in [0.05, 0.1) is 0 Å². The van der Waals surface area contributed by atoms with Crippen molar-refractivity contribution in [3.8, 4) is 0 Å². The molecule has 0 unspecified atom stereocenters. The summed E-state index contributed by atoms with van der Waals surface area (Å²) in [6, 6.07) is 20.0. The van der Waals surface area contributed by atoms with Crippen LogP contribution < -0.4 is 0 Å². The first-order valence-corrected chi connectivity index (χ1v) is 9.19. The molecule has 4 rings (SSSR count). The maximum Gasteiger partial charge on any atom is 0.0169 e. The van der Waals surface area contributed by atoms with Crippen molar-refractivity contribution in [3.63, 3.8) is 0 Å². The Hall–Kier alpha value is -2.12. The molecule has 1 heteroatoms. The number of benzene rings is 2. The van der Waals surface area contributed by atoms with E-state index in [1.807, 2.05) is 0 Å². The van der Waals surface area contributed by atoms with Crippen molar-refractivity contribution in [2.24, 2.45) is 0 Å². The van der Waals surface area contributed by atoms with Crippen LogP contribution in [-0.4, -0.2) is 10.7 Å². The Morgan fingerprint density at radius 1 is 0.870 bits per heavy atom. The summed E-state index contributed by atoms with van der Waals surface area (Å²) >= 11 is 0. The maximum atomic E-state index is 2.33. The van der Waals surface area contributed by atoms with Gasteiger partial charge in [-0.05, 0) is 51.8 Å². The van der Waals surface area contributed by atoms with E-state index in [9.17, 15) is 0 Å². The van der Waals surface area contributed by atoms with E-state index in [4.69, 9.17) is 0 Å². The van der Waals surface area contributed by atoms with Crippen LogP contribution in [-0.2, 0) is 6.42 Å². The highest BCUT2D eigenvalue weighted by molar-refractivity contribution is 7.96. The Bertz CT molecular complexity index is 820. The summed E-state index contributed by atoms with van der Waals surface area (Å²) in [4.78, 5) is 0. The highest BCUT2D eigenvalue weighted by Crippen LogP contribution is 2.46. The van der Waals surface area contributed by atoms with Gasteiger partial charge in [0.1, 0.15) is 0 Å². The first-order valence-electron chi connectivity index (χ1n) is 8.25. The molecule has 23 heavy (non-hydrogen) atoms. The predicted octanol–water partition coefficient (Wildman–Crippen LogP) is 5.33. The third kappa shape index (κ3) is 2.89. The lowest BCUT2D eigenvalue weighted by molar-refractivity contribution is 0.528. The highest BCUT2D eigenvalue weighted by Gasteiger charge is 2.32. The van der Waals surface area contributed by atoms with Gasteiger partial charge in [0.25, 0.3) is 0 Å². The van der Waals surface area contributed by atoms with Crippen molar-refractivity contribution in [2.75, 3.05) is 0 Å². The van der Waals surface area contributed by atoms with Gasteiger partial charge in [0, 0.05) is 5.92 Å². The molecule has 2 aliphatic rings. The third-order valence-corrected chi connectivity index (χ3v) is 5.59. The summed E-state index contributed by atoms with van der Waals surface area (Å²) < 4.78 is 0. The minimum absolute atomic E-state index is 0.450. The van der Waals surface area contributed by atoms with Gasteiger partial charge >= 0.3 is 0 Å². The Labute approximate surface area is 141 Å². The van der Waals surface area contributed by atoms with Crippen molar-refractivity contribution in [1.29, 1.82) is 0 Å². The second-order valence-electron chi connectivity index (χ2n) is 6.17. The molecular weight excluding hydrogens is 296 g/mol. The molecule has 0 saturated heterocycles. The van der Waals surface area contributed by atoms with E-state index in [-0.39, 0.29) is 0 Å². The third-order valence-electron chi connectivity index (χ3n) is 4.87. The lowest BCUT2D eigenvalue weighted by Gasteiger charge is -2.35. The molecule has 1 aliphatic carbocycles. The van der Waals surface area contributed by atoms with E-state index >= 15 is 0 Å². The van der Waals surface area contributed by atoms with Crippen LogP contribution in [0.4, 0.5) is 0 Å². The van der Waals surface area contributed by atoms with E-state index in [0.29, 0.717) is 11.8 Å². The smallest absolute Gasteiger partial charge is 0.0169 e. The van der Waals surface area contributed by atoms with E-state index in [1.54, 1.807) is 10.9 Å². The van der Waals surface area contributed by atoms with Gasteiger partial charge in [0.15, 0.2) is 0 Å². The van der Waals surface area contributed by atoms with Crippen LogP contribution in [0.15, 0.2) is 78.4 Å². The van der Waals surface area contributed by atoms with Gasteiger partial charge < -0.3 is 0 Å². The van der Waals surface area contributed by atoms with Crippen molar-refractivity contribution < 1.29 is 0 Å². The van der Waals surface area contributed by atoms with Crippen molar-refractivity contribution in [1.82, 2.24) is 0 Å². The predicted molar refractivity (Wildman–Crippen MR) is 104 cm³/mol. The zero-order valence-electron chi connectivity index (χ0n) is 13.1. The molecule has 0 aromatic heterocycles. The van der Waals surface area contributed by atoms with Crippen molar-refractivity contribution in [3.05, 3.63) is 95.1 Å². The lowest BCUT2D eigenvalue weighted by Crippen LogP contribution is -2.21. The van der Waals surface area contributed by atoms with E-state index in [2.05, 4.69) is 83.6 Å². The average molecular weight is 316 g/mol. The monoisotopic (exact) mass is 316 g/mol. The summed E-state index contributed by atoms with van der Waals surface area (Å²) in [5.41, 5.74) is 5.91. The summed E-state index contributed by atoms with van der Waals surface area (Å²) in [5, 5.41) is 4.47. The molecule has 0 amide bonds. The molecule has 1 heterocycles. The molecule has 0 saturated carbocycles. The van der Waals surface area contributed by atoms with Gasteiger partial charge in [-0.25, -0.2) is 0 Å². The molecule has 114 valence electrons. The van der Waals surface area contributed by atoms with Gasteiger partial charge in [-0.2, -0.15) is 10.9 Å². The molecule has 0 spiro atoms. The number of allylic oxidation sites excluding steroid dienone is 4. The van der Waals surface area contributed by atoms with E-state index in [1.165, 1.54) is 35.1 Å². The van der Waals surface area contributed by atoms with Gasteiger partial charge in [-0.3, -0.25) is 0 Å². The molecule has 0 nitrogen and oxygen atoms in total. The molecule has 2 aromatic rings. The number of hydrogen-bond donors (Lipinski definition) is 0. The Morgan fingerprint density at radius 3 is 2.61 bits per heavy atom. The quantitative estimate of drug-likeness (QED) is 0.657. The number of rotatable bonds is 2. The van der Waals surface area contributed by atoms with Crippen molar-refractivity contribution >= 4 is 21.7 Å². The summed E-state index contributed by atoms with van der Waals surface area (Å²) in [6.45, 7) is 0. The fourth-order valence-electron chi connectivity index (χ4n) is 3.82. The zero-order valence-corrected chi connectivity index (χ0v) is 13.9. The second-order valence-corrected chi connectivity index (χ2v) is 6.95. The second kappa shape index (κ2) is 6.55. The number of aryl methyl sites for hydroxylation is 1. The molecule has 0 N–H and O–H groups in total. The SMILES string of the molecule is C1=CC=C([C@@H]2c3ccccc3CC[C@@H]2c2ccccc2)C=S=C1. The molecule has 0 fully saturated rings. The lowest BCUT2D eigenvalue weighted by atomic mass is 9.69. The fourth-order valence-corrected chi connectivity index (χ4v) is 4.46. The van der Waals surface area contributed by atoms with E-state index < -0.39 is 0 Å². The Kier molecular flexibility index (Phi) is 4.12. The summed E-state index contributed by atoms with van der Waals surface area (Å²) in [7, 11) is 1.78. The zero-order chi connectivity index (χ0) is 15.5. The summed E-state index contributed by atoms with van der Waals surface area (Å²) in [6.07, 6.45) is 8.98. The largest absolute Gasteiger partial charge is 0.152 e. The number of fused-ring (bicyclic) bond motifs is 1. The molecule has 2 aromatic carbocycles. The van der Waals surface area contributed by atoms with Gasteiger partial charge in [-0.15, -0.1) is 0 Å². The summed E-state index contributed by atoms with van der Waals surface area (Å²) in [5.74, 6) is 1.01. The normalized spacial score (nSPS) is 22.7. The maximum absolute atomic E-state index is 2.33. The van der Waals surface area contributed by atoms with Crippen LogP contribution in [0.5, 0.6) is 0 Å². The first-order chi connectivity index (χ1) is 11.4. The fraction of sp³-hybridized carbons (Fsp3) is 0.182. The minimum atomic E-state index is 0.450. The number of hydrogen-bond acceptors (Lipinski definition) is 0. The molecule has 0 bridgehead atoms. The molecular formula is C22H20S. The molecule has 0 radical (unpaired) electrons. The topological polar surface area (TPSA) is 0 Å². The Balaban J connectivity index is 1.86. The minimum Gasteiger partial charge on any atom is -0.152 e.